The maximum Gasteiger partial charge on any atom is 0.516 e. The number of amides is 1. The van der Waals surface area contributed by atoms with Gasteiger partial charge in [0.05, 0.1) is 25.3 Å². The molecule has 1 N–H and O–H groups in total. The molecule has 0 atom stereocenters. The van der Waals surface area contributed by atoms with E-state index in [1.54, 1.807) is 32.4 Å². The lowest BCUT2D eigenvalue weighted by molar-refractivity contribution is -0.0446. The van der Waals surface area contributed by atoms with E-state index in [1.165, 1.54) is 18.2 Å². The first-order valence-corrected chi connectivity index (χ1v) is 13.9. The standard InChI is InChI=1S/C28H28F3N3O5S/c1-4-5-10-26-32-22-15-24(38-2)25(39-3)16-23(22)34(26)17-18-11-13-19(14-12-18)20-8-6-7-9-21(20)27(35)33-40(36,37)28(29,30)31/h6-9,11-16H,4-5,10,17H2,1-3H3,(H,33,35). The van der Waals surface area contributed by atoms with Crippen LogP contribution >= 0.6 is 0 Å². The number of hydrogen-bond acceptors (Lipinski definition) is 6. The van der Waals surface area contributed by atoms with Gasteiger partial charge in [-0.25, -0.2) is 9.71 Å². The smallest absolute Gasteiger partial charge is 0.493 e. The van der Waals surface area contributed by atoms with E-state index >= 15 is 0 Å². The van der Waals surface area contributed by atoms with Gasteiger partial charge in [-0.1, -0.05) is 55.8 Å². The predicted molar refractivity (Wildman–Crippen MR) is 145 cm³/mol. The van der Waals surface area contributed by atoms with Crippen molar-refractivity contribution in [1.82, 2.24) is 14.3 Å². The molecule has 0 aliphatic carbocycles. The number of aryl methyl sites for hydroxylation is 1. The van der Waals surface area contributed by atoms with Crippen molar-refractivity contribution in [3.05, 3.63) is 77.6 Å². The zero-order valence-corrected chi connectivity index (χ0v) is 22.9. The minimum Gasteiger partial charge on any atom is -0.493 e. The van der Waals surface area contributed by atoms with Crippen LogP contribution in [0.3, 0.4) is 0 Å². The molecule has 0 unspecified atom stereocenters. The zero-order chi connectivity index (χ0) is 29.1. The van der Waals surface area contributed by atoms with E-state index in [0.717, 1.165) is 46.4 Å². The Hall–Kier alpha value is -4.06. The lowest BCUT2D eigenvalue weighted by atomic mass is 9.98. The molecule has 8 nitrogen and oxygen atoms in total. The van der Waals surface area contributed by atoms with Gasteiger partial charge in [0, 0.05) is 30.7 Å². The molecule has 1 aromatic heterocycles. The van der Waals surface area contributed by atoms with Crippen LogP contribution in [0.15, 0.2) is 60.7 Å². The molecule has 212 valence electrons. The Morgan fingerprint density at radius 3 is 2.27 bits per heavy atom. The number of sulfonamides is 1. The Labute approximate surface area is 229 Å². The molecule has 4 aromatic rings. The van der Waals surface area contributed by atoms with Crippen molar-refractivity contribution >= 4 is 27.0 Å². The van der Waals surface area contributed by atoms with Crippen molar-refractivity contribution in [1.29, 1.82) is 0 Å². The largest absolute Gasteiger partial charge is 0.516 e. The fourth-order valence-corrected chi connectivity index (χ4v) is 4.81. The number of aromatic nitrogens is 2. The highest BCUT2D eigenvalue weighted by molar-refractivity contribution is 7.90. The van der Waals surface area contributed by atoms with E-state index < -0.39 is 21.4 Å². The van der Waals surface area contributed by atoms with Crippen LogP contribution in [-0.4, -0.2) is 43.6 Å². The summed E-state index contributed by atoms with van der Waals surface area (Å²) >= 11 is 0. The van der Waals surface area contributed by atoms with E-state index in [1.807, 2.05) is 24.3 Å². The summed E-state index contributed by atoms with van der Waals surface area (Å²) in [6.45, 7) is 2.59. The molecule has 0 radical (unpaired) electrons. The van der Waals surface area contributed by atoms with Crippen molar-refractivity contribution in [2.75, 3.05) is 14.2 Å². The predicted octanol–water partition coefficient (Wildman–Crippen LogP) is 5.69. The summed E-state index contributed by atoms with van der Waals surface area (Å²) in [6.07, 6.45) is 2.73. The molecule has 12 heteroatoms. The minimum absolute atomic E-state index is 0.202. The molecule has 0 saturated heterocycles. The van der Waals surface area contributed by atoms with Crippen molar-refractivity contribution < 1.29 is 35.9 Å². The zero-order valence-electron chi connectivity index (χ0n) is 22.1. The number of methoxy groups -OCH3 is 2. The van der Waals surface area contributed by atoms with Crippen LogP contribution in [0.5, 0.6) is 11.5 Å². The van der Waals surface area contributed by atoms with Crippen LogP contribution < -0.4 is 14.2 Å². The quantitative estimate of drug-likeness (QED) is 0.261. The van der Waals surface area contributed by atoms with Gasteiger partial charge in [0.25, 0.3) is 5.91 Å². The molecule has 0 bridgehead atoms. The molecule has 0 aliphatic rings. The highest BCUT2D eigenvalue weighted by Crippen LogP contribution is 2.33. The molecule has 1 heterocycles. The van der Waals surface area contributed by atoms with Gasteiger partial charge < -0.3 is 14.0 Å². The monoisotopic (exact) mass is 575 g/mol. The molecule has 0 aliphatic heterocycles. The number of halogens is 3. The topological polar surface area (TPSA) is 99.5 Å². The maximum atomic E-state index is 12.8. The number of imidazole rings is 1. The normalized spacial score (nSPS) is 11.9. The lowest BCUT2D eigenvalue weighted by Gasteiger charge is -2.14. The third-order valence-corrected chi connectivity index (χ3v) is 7.46. The second kappa shape index (κ2) is 11.6. The highest BCUT2D eigenvalue weighted by atomic mass is 32.2. The number of alkyl halides is 3. The number of fused-ring (bicyclic) bond motifs is 1. The van der Waals surface area contributed by atoms with Gasteiger partial charge in [-0.3, -0.25) is 4.79 Å². The van der Waals surface area contributed by atoms with Crippen LogP contribution in [0, 0.1) is 0 Å². The molecule has 1 amide bonds. The number of ether oxygens (including phenoxy) is 2. The Morgan fingerprint density at radius 1 is 1.00 bits per heavy atom. The molecule has 4 rings (SSSR count). The van der Waals surface area contributed by atoms with Gasteiger partial charge >= 0.3 is 15.5 Å². The van der Waals surface area contributed by atoms with Gasteiger partial charge in [-0.2, -0.15) is 21.6 Å². The number of nitrogens with one attached hydrogen (secondary N) is 1. The number of nitrogens with zero attached hydrogens (tertiary/aromatic N) is 2. The van der Waals surface area contributed by atoms with Crippen molar-refractivity contribution in [3.8, 4) is 22.6 Å². The van der Waals surface area contributed by atoms with Crippen LogP contribution in [0.25, 0.3) is 22.2 Å². The average Bonchev–Trinajstić information content (AvgIpc) is 3.26. The third-order valence-electron chi connectivity index (χ3n) is 6.40. The van der Waals surface area contributed by atoms with Crippen molar-refractivity contribution in [2.45, 2.75) is 38.2 Å². The third kappa shape index (κ3) is 5.91. The number of hydrogen-bond donors (Lipinski definition) is 1. The first-order valence-electron chi connectivity index (χ1n) is 12.4. The summed E-state index contributed by atoms with van der Waals surface area (Å²) in [5.74, 6) is 0.698. The summed E-state index contributed by atoms with van der Waals surface area (Å²) in [4.78, 5) is 17.3. The fraction of sp³-hybridized carbons (Fsp3) is 0.286. The lowest BCUT2D eigenvalue weighted by Crippen LogP contribution is -2.40. The van der Waals surface area contributed by atoms with Crippen LogP contribution in [0.4, 0.5) is 13.2 Å². The van der Waals surface area contributed by atoms with Crippen LogP contribution in [0.1, 0.15) is 41.5 Å². The summed E-state index contributed by atoms with van der Waals surface area (Å²) < 4.78 is 75.4. The molecule has 40 heavy (non-hydrogen) atoms. The number of unbranched alkanes of at least 4 members (excludes halogenated alkanes) is 1. The number of rotatable bonds is 10. The number of benzene rings is 3. The molecular weight excluding hydrogens is 547 g/mol. The summed E-state index contributed by atoms with van der Waals surface area (Å²) in [5, 5.41) is 0. The molecule has 0 fully saturated rings. The summed E-state index contributed by atoms with van der Waals surface area (Å²) in [7, 11) is -2.71. The Bertz CT molecular complexity index is 1630. The van der Waals surface area contributed by atoms with E-state index in [0.29, 0.717) is 23.6 Å². The summed E-state index contributed by atoms with van der Waals surface area (Å²) in [5.41, 5.74) is -2.43. The fourth-order valence-electron chi connectivity index (χ4n) is 4.34. The van der Waals surface area contributed by atoms with Crippen molar-refractivity contribution in [3.63, 3.8) is 0 Å². The second-order valence-electron chi connectivity index (χ2n) is 9.04. The second-order valence-corrected chi connectivity index (χ2v) is 10.7. The van der Waals surface area contributed by atoms with Crippen LogP contribution in [0.2, 0.25) is 0 Å². The van der Waals surface area contributed by atoms with Gasteiger partial charge in [0.15, 0.2) is 11.5 Å². The summed E-state index contributed by atoms with van der Waals surface area (Å²) in [6, 6.07) is 16.7. The first kappa shape index (κ1) is 28.9. The van der Waals surface area contributed by atoms with E-state index in [4.69, 9.17) is 14.5 Å². The van der Waals surface area contributed by atoms with E-state index in [2.05, 4.69) is 11.5 Å². The SMILES string of the molecule is CCCCc1nc2cc(OC)c(OC)cc2n1Cc1ccc(-c2ccccc2C(=O)NS(=O)(=O)C(F)(F)F)cc1. The van der Waals surface area contributed by atoms with Gasteiger partial charge in [-0.15, -0.1) is 0 Å². The van der Waals surface area contributed by atoms with E-state index in [9.17, 15) is 26.4 Å². The number of carbonyl (C=O) groups excluding carboxylic acids is 1. The number of carbonyl (C=O) groups is 1. The van der Waals surface area contributed by atoms with Crippen molar-refractivity contribution in [2.24, 2.45) is 0 Å². The molecule has 0 spiro atoms. The minimum atomic E-state index is -5.84. The van der Waals surface area contributed by atoms with Gasteiger partial charge in [0.2, 0.25) is 0 Å². The van der Waals surface area contributed by atoms with E-state index in [-0.39, 0.29) is 11.1 Å². The maximum absolute atomic E-state index is 12.8. The Morgan fingerprint density at radius 2 is 1.65 bits per heavy atom. The Kier molecular flexibility index (Phi) is 8.38. The van der Waals surface area contributed by atoms with Gasteiger partial charge in [0.1, 0.15) is 5.82 Å². The first-order chi connectivity index (χ1) is 19.0. The molecule has 3 aromatic carbocycles. The van der Waals surface area contributed by atoms with Crippen LogP contribution in [-0.2, 0) is 23.0 Å². The molecule has 0 saturated carbocycles. The average molecular weight is 576 g/mol. The van der Waals surface area contributed by atoms with Gasteiger partial charge in [-0.05, 0) is 29.2 Å². The molecular formula is C28H28F3N3O5S. The highest BCUT2D eigenvalue weighted by Gasteiger charge is 2.47. The Balaban J connectivity index is 1.66.